The second-order valence-corrected chi connectivity index (χ2v) is 4.60. The molecule has 0 aromatic carbocycles. The van der Waals surface area contributed by atoms with Gasteiger partial charge in [0.2, 0.25) is 0 Å². The van der Waals surface area contributed by atoms with Crippen LogP contribution in [0.2, 0.25) is 0 Å². The van der Waals surface area contributed by atoms with E-state index in [1.165, 1.54) is 0 Å². The molecular weight excluding hydrogens is 197 g/mol. The van der Waals surface area contributed by atoms with Crippen molar-refractivity contribution in [2.24, 2.45) is 0 Å². The summed E-state index contributed by atoms with van der Waals surface area (Å²) in [6, 6.07) is 0. The summed E-state index contributed by atoms with van der Waals surface area (Å²) in [5.41, 5.74) is 0. The molecule has 0 rings (SSSR count). The zero-order valence-corrected chi connectivity index (χ0v) is 10.8. The zero-order chi connectivity index (χ0) is 10.8. The highest BCUT2D eigenvalue weighted by atomic mass is 31.2. The first-order chi connectivity index (χ1) is 6.79. The molecule has 0 saturated heterocycles. The Balaban J connectivity index is 3.92. The van der Waals surface area contributed by atoms with E-state index in [-0.39, 0.29) is 0 Å². The van der Waals surface area contributed by atoms with Crippen molar-refractivity contribution in [1.82, 2.24) is 4.67 Å². The minimum absolute atomic E-state index is 0.798. The summed E-state index contributed by atoms with van der Waals surface area (Å²) < 4.78 is 13.7. The Morgan fingerprint density at radius 1 is 0.857 bits per heavy atom. The van der Waals surface area contributed by atoms with E-state index in [4.69, 9.17) is 9.05 Å². The predicted molar refractivity (Wildman–Crippen MR) is 62.3 cm³/mol. The maximum Gasteiger partial charge on any atom is 0.258 e. The molecule has 0 aromatic heterocycles. The monoisotopic (exact) mass is 221 g/mol. The van der Waals surface area contributed by atoms with Gasteiger partial charge in [0, 0.05) is 13.1 Å². The smallest absolute Gasteiger partial charge is 0.258 e. The van der Waals surface area contributed by atoms with E-state index in [1.807, 2.05) is 0 Å². The minimum atomic E-state index is -0.803. The standard InChI is InChI=1S/C10H24NO2P/c1-5-9-12-14(13-10-6-2)11(7-3)8-4/h5-10H2,1-4H3. The van der Waals surface area contributed by atoms with Crippen LogP contribution in [0.15, 0.2) is 0 Å². The van der Waals surface area contributed by atoms with Gasteiger partial charge in [-0.1, -0.05) is 27.7 Å². The van der Waals surface area contributed by atoms with Gasteiger partial charge >= 0.3 is 0 Å². The number of hydrogen-bond acceptors (Lipinski definition) is 3. The fourth-order valence-corrected chi connectivity index (χ4v) is 2.53. The molecule has 0 amide bonds. The van der Waals surface area contributed by atoms with E-state index in [0.29, 0.717) is 0 Å². The van der Waals surface area contributed by atoms with Crippen molar-refractivity contribution in [3.8, 4) is 0 Å². The lowest BCUT2D eigenvalue weighted by atomic mass is 10.5. The highest BCUT2D eigenvalue weighted by molar-refractivity contribution is 7.44. The summed E-state index contributed by atoms with van der Waals surface area (Å²) in [7, 11) is -0.803. The molecule has 3 nitrogen and oxygen atoms in total. The lowest BCUT2D eigenvalue weighted by Crippen LogP contribution is -2.19. The van der Waals surface area contributed by atoms with Crippen molar-refractivity contribution in [3.05, 3.63) is 0 Å². The highest BCUT2D eigenvalue weighted by Crippen LogP contribution is 2.42. The maximum atomic E-state index is 5.71. The van der Waals surface area contributed by atoms with Gasteiger partial charge in [0.05, 0.1) is 13.2 Å². The lowest BCUT2D eigenvalue weighted by molar-refractivity contribution is 0.208. The molecule has 0 fully saturated rings. The topological polar surface area (TPSA) is 21.7 Å². The van der Waals surface area contributed by atoms with Crippen LogP contribution in [0, 0.1) is 0 Å². The molecule has 0 radical (unpaired) electrons. The third kappa shape index (κ3) is 5.92. The fourth-order valence-electron chi connectivity index (χ4n) is 0.994. The normalized spacial score (nSPS) is 11.6. The molecule has 0 heterocycles. The molecule has 0 aliphatic carbocycles. The van der Waals surface area contributed by atoms with Crippen molar-refractivity contribution in [2.45, 2.75) is 40.5 Å². The van der Waals surface area contributed by atoms with Crippen molar-refractivity contribution in [1.29, 1.82) is 0 Å². The van der Waals surface area contributed by atoms with Gasteiger partial charge in [-0.05, 0) is 12.8 Å². The Labute approximate surface area is 89.7 Å². The van der Waals surface area contributed by atoms with Crippen molar-refractivity contribution in [3.63, 3.8) is 0 Å². The largest absolute Gasteiger partial charge is 0.322 e. The van der Waals surface area contributed by atoms with Gasteiger partial charge in [-0.25, -0.2) is 4.67 Å². The average molecular weight is 221 g/mol. The highest BCUT2D eigenvalue weighted by Gasteiger charge is 2.17. The van der Waals surface area contributed by atoms with Crippen LogP contribution >= 0.6 is 8.53 Å². The summed E-state index contributed by atoms with van der Waals surface area (Å²) >= 11 is 0. The first-order valence-corrected chi connectivity index (χ1v) is 6.73. The van der Waals surface area contributed by atoms with Gasteiger partial charge in [0.15, 0.2) is 0 Å². The molecule has 86 valence electrons. The predicted octanol–water partition coefficient (Wildman–Crippen LogP) is 3.41. The van der Waals surface area contributed by atoms with E-state index in [0.717, 1.165) is 39.1 Å². The molecular formula is C10H24NO2P. The molecule has 0 atom stereocenters. The Morgan fingerprint density at radius 3 is 1.57 bits per heavy atom. The van der Waals surface area contributed by atoms with Gasteiger partial charge in [-0.3, -0.25) is 0 Å². The van der Waals surface area contributed by atoms with Crippen LogP contribution in [-0.4, -0.2) is 31.0 Å². The van der Waals surface area contributed by atoms with E-state index in [1.54, 1.807) is 0 Å². The van der Waals surface area contributed by atoms with Gasteiger partial charge < -0.3 is 9.05 Å². The van der Waals surface area contributed by atoms with Gasteiger partial charge in [-0.2, -0.15) is 0 Å². The van der Waals surface area contributed by atoms with E-state index in [2.05, 4.69) is 32.4 Å². The summed E-state index contributed by atoms with van der Waals surface area (Å²) in [4.78, 5) is 0. The second kappa shape index (κ2) is 9.85. The Morgan fingerprint density at radius 2 is 1.29 bits per heavy atom. The minimum Gasteiger partial charge on any atom is -0.322 e. The summed E-state index contributed by atoms with van der Waals surface area (Å²) in [5.74, 6) is 0. The van der Waals surface area contributed by atoms with Crippen LogP contribution in [0.25, 0.3) is 0 Å². The number of rotatable bonds is 9. The van der Waals surface area contributed by atoms with E-state index in [9.17, 15) is 0 Å². The molecule has 0 aliphatic rings. The van der Waals surface area contributed by atoms with E-state index < -0.39 is 8.53 Å². The first kappa shape index (κ1) is 14.3. The molecule has 0 aromatic rings. The molecule has 4 heteroatoms. The Kier molecular flexibility index (Phi) is 10.1. The average Bonchev–Trinajstić information content (AvgIpc) is 2.22. The quantitative estimate of drug-likeness (QED) is 0.557. The molecule has 0 bridgehead atoms. The molecule has 0 saturated carbocycles. The van der Waals surface area contributed by atoms with Crippen LogP contribution in [0.4, 0.5) is 0 Å². The fraction of sp³-hybridized carbons (Fsp3) is 1.00. The third-order valence-electron chi connectivity index (χ3n) is 1.77. The molecule has 0 unspecified atom stereocenters. The molecule has 0 aliphatic heterocycles. The Hall–Kier alpha value is 0.310. The second-order valence-electron chi connectivity index (χ2n) is 3.04. The van der Waals surface area contributed by atoms with Crippen molar-refractivity contribution >= 4 is 8.53 Å². The van der Waals surface area contributed by atoms with Crippen LogP contribution in [-0.2, 0) is 9.05 Å². The molecule has 14 heavy (non-hydrogen) atoms. The van der Waals surface area contributed by atoms with Gasteiger partial charge in [0.1, 0.15) is 0 Å². The number of nitrogens with zero attached hydrogens (tertiary/aromatic N) is 1. The van der Waals surface area contributed by atoms with Gasteiger partial charge in [-0.15, -0.1) is 0 Å². The van der Waals surface area contributed by atoms with Crippen LogP contribution in [0.3, 0.4) is 0 Å². The molecule has 0 spiro atoms. The maximum absolute atomic E-state index is 5.71. The lowest BCUT2D eigenvalue weighted by Gasteiger charge is -2.27. The van der Waals surface area contributed by atoms with E-state index >= 15 is 0 Å². The summed E-state index contributed by atoms with van der Waals surface area (Å²) in [5, 5.41) is 0. The van der Waals surface area contributed by atoms with Crippen LogP contribution in [0.1, 0.15) is 40.5 Å². The Bertz CT molecular complexity index is 113. The first-order valence-electron chi connectivity index (χ1n) is 5.60. The number of hydrogen-bond donors (Lipinski definition) is 0. The van der Waals surface area contributed by atoms with Crippen LogP contribution in [0.5, 0.6) is 0 Å². The molecule has 0 N–H and O–H groups in total. The van der Waals surface area contributed by atoms with Crippen molar-refractivity contribution < 1.29 is 9.05 Å². The summed E-state index contributed by atoms with van der Waals surface area (Å²) in [6.45, 7) is 12.1. The zero-order valence-electron chi connectivity index (χ0n) is 9.95. The third-order valence-corrected chi connectivity index (χ3v) is 3.61. The van der Waals surface area contributed by atoms with Gasteiger partial charge in [0.25, 0.3) is 8.53 Å². The van der Waals surface area contributed by atoms with Crippen molar-refractivity contribution in [2.75, 3.05) is 26.3 Å². The SMILES string of the molecule is CCCOP(OCCC)N(CC)CC. The van der Waals surface area contributed by atoms with Crippen LogP contribution < -0.4 is 0 Å². The summed E-state index contributed by atoms with van der Waals surface area (Å²) in [6.07, 6.45) is 2.10.